The van der Waals surface area contributed by atoms with Crippen molar-refractivity contribution in [2.75, 3.05) is 6.61 Å². The molecule has 1 aliphatic rings. The third-order valence-electron chi connectivity index (χ3n) is 2.51. The molecule has 4 heteroatoms. The second-order valence-corrected chi connectivity index (χ2v) is 3.64. The summed E-state index contributed by atoms with van der Waals surface area (Å²) in [7, 11) is 0. The van der Waals surface area contributed by atoms with Crippen LogP contribution in [-0.2, 0) is 4.74 Å². The van der Waals surface area contributed by atoms with E-state index in [9.17, 15) is 13.9 Å². The third kappa shape index (κ3) is 2.07. The molecule has 1 N–H and O–H groups in total. The Morgan fingerprint density at radius 1 is 1.25 bits per heavy atom. The molecule has 0 saturated carbocycles. The SMILES string of the molecule is OC(C1=CCCCO1)c1c(F)cccc1F. The number of aliphatic hydroxyl groups excluding tert-OH is 1. The van der Waals surface area contributed by atoms with Gasteiger partial charge < -0.3 is 9.84 Å². The van der Waals surface area contributed by atoms with Gasteiger partial charge in [0.15, 0.2) is 0 Å². The minimum atomic E-state index is -1.36. The van der Waals surface area contributed by atoms with Crippen molar-refractivity contribution in [3.8, 4) is 0 Å². The zero-order valence-electron chi connectivity index (χ0n) is 8.62. The molecule has 2 nitrogen and oxygen atoms in total. The molecule has 1 atom stereocenters. The van der Waals surface area contributed by atoms with Gasteiger partial charge in [-0.1, -0.05) is 6.07 Å². The maximum absolute atomic E-state index is 13.4. The van der Waals surface area contributed by atoms with E-state index in [1.54, 1.807) is 6.08 Å². The Hall–Kier alpha value is -1.42. The minimum absolute atomic E-state index is 0.232. The maximum Gasteiger partial charge on any atom is 0.141 e. The molecule has 1 aromatic rings. The van der Waals surface area contributed by atoms with Gasteiger partial charge in [-0.25, -0.2) is 8.78 Å². The van der Waals surface area contributed by atoms with Crippen molar-refractivity contribution in [3.63, 3.8) is 0 Å². The van der Waals surface area contributed by atoms with Crippen LogP contribution >= 0.6 is 0 Å². The number of hydrogen-bond donors (Lipinski definition) is 1. The van der Waals surface area contributed by atoms with E-state index < -0.39 is 17.7 Å². The summed E-state index contributed by atoms with van der Waals surface area (Å²) in [6, 6.07) is 3.49. The predicted octanol–water partition coefficient (Wildman–Crippen LogP) is 2.69. The Kier molecular flexibility index (Phi) is 3.19. The number of hydrogen-bond acceptors (Lipinski definition) is 2. The molecule has 0 bridgehead atoms. The summed E-state index contributed by atoms with van der Waals surface area (Å²) in [5.74, 6) is -1.29. The summed E-state index contributed by atoms with van der Waals surface area (Å²) in [5.41, 5.74) is -0.351. The zero-order valence-corrected chi connectivity index (χ0v) is 8.62. The molecule has 0 amide bonds. The molecule has 1 aliphatic heterocycles. The largest absolute Gasteiger partial charge is 0.495 e. The highest BCUT2D eigenvalue weighted by atomic mass is 19.1. The van der Waals surface area contributed by atoms with Gasteiger partial charge in [-0.3, -0.25) is 0 Å². The van der Waals surface area contributed by atoms with Gasteiger partial charge in [0.2, 0.25) is 0 Å². The lowest BCUT2D eigenvalue weighted by molar-refractivity contribution is 0.0874. The molecule has 86 valence electrons. The number of aliphatic hydroxyl groups is 1. The number of rotatable bonds is 2. The van der Waals surface area contributed by atoms with Crippen LogP contribution < -0.4 is 0 Å². The minimum Gasteiger partial charge on any atom is -0.495 e. The summed E-state index contributed by atoms with van der Waals surface area (Å²) >= 11 is 0. The normalized spacial score (nSPS) is 17.6. The number of benzene rings is 1. The second-order valence-electron chi connectivity index (χ2n) is 3.64. The van der Waals surface area contributed by atoms with Crippen LogP contribution in [0.1, 0.15) is 24.5 Å². The van der Waals surface area contributed by atoms with Crippen LogP contribution in [0.5, 0.6) is 0 Å². The third-order valence-corrected chi connectivity index (χ3v) is 2.51. The van der Waals surface area contributed by atoms with Gasteiger partial charge in [-0.15, -0.1) is 0 Å². The summed E-state index contributed by atoms with van der Waals surface area (Å²) in [6.45, 7) is 0.471. The van der Waals surface area contributed by atoms with E-state index in [2.05, 4.69) is 0 Å². The topological polar surface area (TPSA) is 29.5 Å². The van der Waals surface area contributed by atoms with Crippen molar-refractivity contribution in [1.82, 2.24) is 0 Å². The van der Waals surface area contributed by atoms with Crippen molar-refractivity contribution in [2.24, 2.45) is 0 Å². The molecule has 16 heavy (non-hydrogen) atoms. The van der Waals surface area contributed by atoms with Gasteiger partial charge in [0.25, 0.3) is 0 Å². The quantitative estimate of drug-likeness (QED) is 0.840. The molecular formula is C12H12F2O2. The van der Waals surface area contributed by atoms with Crippen LogP contribution in [0.4, 0.5) is 8.78 Å². The number of halogens is 2. The summed E-state index contributed by atoms with van der Waals surface area (Å²) < 4.78 is 31.9. The summed E-state index contributed by atoms with van der Waals surface area (Å²) in [5, 5.41) is 9.83. The van der Waals surface area contributed by atoms with E-state index in [-0.39, 0.29) is 11.3 Å². The fourth-order valence-electron chi connectivity index (χ4n) is 1.68. The van der Waals surface area contributed by atoms with E-state index >= 15 is 0 Å². The lowest BCUT2D eigenvalue weighted by Crippen LogP contribution is -2.12. The van der Waals surface area contributed by atoms with E-state index in [1.165, 1.54) is 6.07 Å². The Labute approximate surface area is 92.2 Å². The molecule has 0 aromatic heterocycles. The lowest BCUT2D eigenvalue weighted by atomic mass is 10.0. The van der Waals surface area contributed by atoms with Crippen molar-refractivity contribution in [3.05, 3.63) is 47.2 Å². The van der Waals surface area contributed by atoms with Gasteiger partial charge in [0, 0.05) is 0 Å². The molecule has 1 unspecified atom stereocenters. The first kappa shape index (κ1) is 11.1. The van der Waals surface area contributed by atoms with Crippen molar-refractivity contribution in [1.29, 1.82) is 0 Å². The number of allylic oxidation sites excluding steroid dienone is 1. The Balaban J connectivity index is 2.33. The molecule has 0 spiro atoms. The molecule has 0 fully saturated rings. The fraction of sp³-hybridized carbons (Fsp3) is 0.333. The average molecular weight is 226 g/mol. The van der Waals surface area contributed by atoms with Crippen molar-refractivity contribution >= 4 is 0 Å². The highest BCUT2D eigenvalue weighted by Crippen LogP contribution is 2.29. The summed E-state index contributed by atoms with van der Waals surface area (Å²) in [6.07, 6.45) is 1.92. The van der Waals surface area contributed by atoms with Gasteiger partial charge in [0.1, 0.15) is 23.5 Å². The molecule has 0 saturated heterocycles. The molecular weight excluding hydrogens is 214 g/mol. The van der Waals surface area contributed by atoms with E-state index in [0.717, 1.165) is 25.0 Å². The lowest BCUT2D eigenvalue weighted by Gasteiger charge is -2.20. The van der Waals surface area contributed by atoms with Crippen molar-refractivity contribution < 1.29 is 18.6 Å². The van der Waals surface area contributed by atoms with Gasteiger partial charge in [-0.05, 0) is 31.1 Å². The Morgan fingerprint density at radius 3 is 2.50 bits per heavy atom. The monoisotopic (exact) mass is 226 g/mol. The molecule has 2 rings (SSSR count). The fourth-order valence-corrected chi connectivity index (χ4v) is 1.68. The molecule has 1 aromatic carbocycles. The Morgan fingerprint density at radius 2 is 1.94 bits per heavy atom. The Bertz CT molecular complexity index is 395. The highest BCUT2D eigenvalue weighted by molar-refractivity contribution is 5.27. The van der Waals surface area contributed by atoms with Crippen LogP contribution in [0.3, 0.4) is 0 Å². The maximum atomic E-state index is 13.4. The predicted molar refractivity (Wildman–Crippen MR) is 54.6 cm³/mol. The average Bonchev–Trinajstić information content (AvgIpc) is 2.30. The van der Waals surface area contributed by atoms with E-state index in [4.69, 9.17) is 4.74 Å². The second kappa shape index (κ2) is 4.61. The highest BCUT2D eigenvalue weighted by Gasteiger charge is 2.23. The molecule has 1 heterocycles. The van der Waals surface area contributed by atoms with E-state index in [0.29, 0.717) is 6.61 Å². The first-order chi connectivity index (χ1) is 7.70. The van der Waals surface area contributed by atoms with Gasteiger partial charge in [-0.2, -0.15) is 0 Å². The van der Waals surface area contributed by atoms with Crippen molar-refractivity contribution in [2.45, 2.75) is 18.9 Å². The van der Waals surface area contributed by atoms with Crippen LogP contribution in [0, 0.1) is 11.6 Å². The van der Waals surface area contributed by atoms with Gasteiger partial charge >= 0.3 is 0 Å². The van der Waals surface area contributed by atoms with Crippen LogP contribution in [-0.4, -0.2) is 11.7 Å². The smallest absolute Gasteiger partial charge is 0.141 e. The first-order valence-corrected chi connectivity index (χ1v) is 5.15. The van der Waals surface area contributed by atoms with Crippen LogP contribution in [0.15, 0.2) is 30.0 Å². The summed E-state index contributed by atoms with van der Waals surface area (Å²) in [4.78, 5) is 0. The number of ether oxygens (including phenoxy) is 1. The van der Waals surface area contributed by atoms with Crippen LogP contribution in [0.25, 0.3) is 0 Å². The van der Waals surface area contributed by atoms with Gasteiger partial charge in [0.05, 0.1) is 12.2 Å². The van der Waals surface area contributed by atoms with E-state index in [1.807, 2.05) is 0 Å². The zero-order chi connectivity index (χ0) is 11.5. The first-order valence-electron chi connectivity index (χ1n) is 5.15. The standard InChI is InChI=1S/C12H12F2O2/c13-8-4-3-5-9(14)11(8)12(15)10-6-1-2-7-16-10/h3-6,12,15H,1-2,7H2. The molecule has 0 radical (unpaired) electrons. The molecule has 0 aliphatic carbocycles. The van der Waals surface area contributed by atoms with Crippen LogP contribution in [0.2, 0.25) is 0 Å².